The molecule has 0 radical (unpaired) electrons. The molecule has 0 heterocycles. The van der Waals surface area contributed by atoms with Crippen LogP contribution in [0.2, 0.25) is 0 Å². The molecule has 0 atom stereocenters. The number of hydrogen-bond donors (Lipinski definition) is 2. The van der Waals surface area contributed by atoms with E-state index in [1.54, 1.807) is 13.1 Å². The number of nitrogens with zero attached hydrogens (tertiary/aromatic N) is 2. The molecule has 6 nitrogen and oxygen atoms in total. The average Bonchev–Trinajstić information content (AvgIpc) is 2.67. The van der Waals surface area contributed by atoms with Crippen molar-refractivity contribution in [1.82, 2.24) is 15.5 Å². The molecule has 2 rings (SSSR count). The van der Waals surface area contributed by atoms with Gasteiger partial charge >= 0.3 is 0 Å². The van der Waals surface area contributed by atoms with Gasteiger partial charge in [0, 0.05) is 32.4 Å². The van der Waals surface area contributed by atoms with Crippen LogP contribution in [0.3, 0.4) is 0 Å². The van der Waals surface area contributed by atoms with E-state index >= 15 is 0 Å². The van der Waals surface area contributed by atoms with Crippen LogP contribution in [-0.2, 0) is 16.4 Å². The second kappa shape index (κ2) is 12.7. The van der Waals surface area contributed by atoms with Gasteiger partial charge in [0.2, 0.25) is 0 Å². The zero-order valence-corrected chi connectivity index (χ0v) is 21.3. The summed E-state index contributed by atoms with van der Waals surface area (Å²) >= 11 is 0. The number of halogens is 1. The van der Waals surface area contributed by atoms with Gasteiger partial charge in [0.15, 0.2) is 15.8 Å². The molecular weight excluding hydrogens is 499 g/mol. The van der Waals surface area contributed by atoms with Gasteiger partial charge in [-0.15, -0.1) is 24.0 Å². The number of hydrogen-bond acceptors (Lipinski definition) is 4. The number of aliphatic imine (C=N–C) groups is 1. The zero-order valence-electron chi connectivity index (χ0n) is 18.2. The highest BCUT2D eigenvalue weighted by molar-refractivity contribution is 14.0. The fraction of sp³-hybridized carbons (Fsp3) is 0.667. The molecule has 1 aromatic carbocycles. The highest BCUT2D eigenvalue weighted by atomic mass is 127. The molecule has 0 saturated heterocycles. The number of benzene rings is 1. The van der Waals surface area contributed by atoms with Crippen LogP contribution >= 0.6 is 24.0 Å². The van der Waals surface area contributed by atoms with Gasteiger partial charge in [-0.05, 0) is 57.0 Å². The number of sulfone groups is 1. The molecule has 0 aliphatic heterocycles. The van der Waals surface area contributed by atoms with Gasteiger partial charge in [-0.2, -0.15) is 0 Å². The SMILES string of the molecule is CN=C(NCCCN(C)C1CCCCC1)NCc1ccc(S(C)(=O)=O)c(C)c1.I. The smallest absolute Gasteiger partial charge is 0.191 e. The Kier molecular flexibility index (Phi) is 11.5. The van der Waals surface area contributed by atoms with Crippen LogP contribution in [0.1, 0.15) is 49.7 Å². The van der Waals surface area contributed by atoms with Gasteiger partial charge in [0.05, 0.1) is 4.90 Å². The standard InChI is InChI=1S/C21H36N4O2S.HI/c1-17-15-18(11-12-20(17)28(4,26)27)16-24-21(22-2)23-13-8-14-25(3)19-9-6-5-7-10-19;/h11-12,15,19H,5-10,13-14,16H2,1-4H3,(H2,22,23,24);1H. The van der Waals surface area contributed by atoms with Gasteiger partial charge in [0.25, 0.3) is 0 Å². The normalized spacial score (nSPS) is 15.8. The summed E-state index contributed by atoms with van der Waals surface area (Å²) in [5.41, 5.74) is 1.81. The van der Waals surface area contributed by atoms with Gasteiger partial charge < -0.3 is 15.5 Å². The highest BCUT2D eigenvalue weighted by Gasteiger charge is 2.17. The van der Waals surface area contributed by atoms with E-state index in [2.05, 4.69) is 27.6 Å². The molecule has 0 spiro atoms. The molecule has 0 bridgehead atoms. The van der Waals surface area contributed by atoms with Crippen molar-refractivity contribution < 1.29 is 8.42 Å². The molecule has 166 valence electrons. The van der Waals surface area contributed by atoms with Gasteiger partial charge in [-0.25, -0.2) is 8.42 Å². The van der Waals surface area contributed by atoms with Gasteiger partial charge in [0.1, 0.15) is 0 Å². The maximum Gasteiger partial charge on any atom is 0.191 e. The first-order valence-corrected chi connectivity index (χ1v) is 12.1. The molecule has 2 N–H and O–H groups in total. The van der Waals surface area contributed by atoms with Crippen molar-refractivity contribution in [2.75, 3.05) is 33.4 Å². The Morgan fingerprint density at radius 1 is 1.21 bits per heavy atom. The summed E-state index contributed by atoms with van der Waals surface area (Å²) in [6.45, 7) is 4.41. The van der Waals surface area contributed by atoms with Crippen LogP contribution in [0, 0.1) is 6.92 Å². The summed E-state index contributed by atoms with van der Waals surface area (Å²) in [5, 5.41) is 6.66. The van der Waals surface area contributed by atoms with E-state index in [9.17, 15) is 8.42 Å². The van der Waals surface area contributed by atoms with Gasteiger partial charge in [-0.3, -0.25) is 4.99 Å². The van der Waals surface area contributed by atoms with Crippen molar-refractivity contribution in [1.29, 1.82) is 0 Å². The highest BCUT2D eigenvalue weighted by Crippen LogP contribution is 2.21. The Hall–Kier alpha value is -0.870. The molecule has 1 fully saturated rings. The fourth-order valence-corrected chi connectivity index (χ4v) is 4.84. The van der Waals surface area contributed by atoms with Crippen LogP contribution in [0.4, 0.5) is 0 Å². The lowest BCUT2D eigenvalue weighted by Crippen LogP contribution is -2.39. The second-order valence-corrected chi connectivity index (χ2v) is 9.83. The first kappa shape index (κ1) is 26.2. The maximum absolute atomic E-state index is 11.7. The van der Waals surface area contributed by atoms with Crippen molar-refractivity contribution in [2.24, 2.45) is 4.99 Å². The van der Waals surface area contributed by atoms with Crippen LogP contribution in [0.5, 0.6) is 0 Å². The number of aryl methyl sites for hydroxylation is 1. The summed E-state index contributed by atoms with van der Waals surface area (Å²) < 4.78 is 23.4. The van der Waals surface area contributed by atoms with E-state index in [1.807, 2.05) is 19.1 Å². The summed E-state index contributed by atoms with van der Waals surface area (Å²) in [5.74, 6) is 0.769. The van der Waals surface area contributed by atoms with E-state index in [4.69, 9.17) is 0 Å². The van der Waals surface area contributed by atoms with Crippen LogP contribution in [-0.4, -0.2) is 58.8 Å². The minimum Gasteiger partial charge on any atom is -0.356 e. The van der Waals surface area contributed by atoms with Crippen molar-refractivity contribution in [3.8, 4) is 0 Å². The molecule has 1 aliphatic rings. The second-order valence-electron chi connectivity index (χ2n) is 7.85. The lowest BCUT2D eigenvalue weighted by molar-refractivity contribution is 0.190. The Morgan fingerprint density at radius 3 is 2.48 bits per heavy atom. The predicted molar refractivity (Wildman–Crippen MR) is 132 cm³/mol. The Bertz CT molecular complexity index is 762. The molecule has 1 aromatic rings. The zero-order chi connectivity index (χ0) is 20.6. The molecule has 8 heteroatoms. The van der Waals surface area contributed by atoms with Crippen LogP contribution in [0.15, 0.2) is 28.1 Å². The van der Waals surface area contributed by atoms with Crippen molar-refractivity contribution >= 4 is 39.8 Å². The molecule has 1 aliphatic carbocycles. The van der Waals surface area contributed by atoms with Crippen molar-refractivity contribution in [3.05, 3.63) is 29.3 Å². The quantitative estimate of drug-likeness (QED) is 0.231. The minimum atomic E-state index is -3.18. The Balaban J connectivity index is 0.00000420. The maximum atomic E-state index is 11.7. The first-order valence-electron chi connectivity index (χ1n) is 10.3. The van der Waals surface area contributed by atoms with E-state index in [-0.39, 0.29) is 24.0 Å². The van der Waals surface area contributed by atoms with Gasteiger partial charge in [-0.1, -0.05) is 31.4 Å². The van der Waals surface area contributed by atoms with Crippen LogP contribution in [0.25, 0.3) is 0 Å². The fourth-order valence-electron chi connectivity index (χ4n) is 3.88. The minimum absolute atomic E-state index is 0. The molecule has 0 aromatic heterocycles. The first-order chi connectivity index (χ1) is 13.3. The van der Waals surface area contributed by atoms with E-state index in [0.717, 1.165) is 42.6 Å². The van der Waals surface area contributed by atoms with E-state index in [0.29, 0.717) is 11.4 Å². The summed E-state index contributed by atoms with van der Waals surface area (Å²) in [7, 11) is 0.830. The largest absolute Gasteiger partial charge is 0.356 e. The number of guanidine groups is 1. The third-order valence-corrected chi connectivity index (χ3v) is 6.76. The van der Waals surface area contributed by atoms with Crippen molar-refractivity contribution in [3.63, 3.8) is 0 Å². The summed E-state index contributed by atoms with van der Waals surface area (Å²) in [4.78, 5) is 7.17. The molecular formula is C21H37IN4O2S. The molecule has 0 unspecified atom stereocenters. The Labute approximate surface area is 193 Å². The Morgan fingerprint density at radius 2 is 1.90 bits per heavy atom. The molecule has 1 saturated carbocycles. The summed E-state index contributed by atoms with van der Waals surface area (Å²) in [6.07, 6.45) is 9.13. The summed E-state index contributed by atoms with van der Waals surface area (Å²) in [6, 6.07) is 6.20. The lowest BCUT2D eigenvalue weighted by Gasteiger charge is -2.31. The van der Waals surface area contributed by atoms with Crippen LogP contribution < -0.4 is 10.6 Å². The molecule has 29 heavy (non-hydrogen) atoms. The number of nitrogens with one attached hydrogen (secondary N) is 2. The third kappa shape index (κ3) is 8.80. The third-order valence-electron chi connectivity index (χ3n) is 5.50. The van der Waals surface area contributed by atoms with E-state index < -0.39 is 9.84 Å². The number of rotatable bonds is 8. The monoisotopic (exact) mass is 536 g/mol. The predicted octanol–water partition coefficient (Wildman–Crippen LogP) is 3.34. The van der Waals surface area contributed by atoms with E-state index in [1.165, 1.54) is 38.4 Å². The topological polar surface area (TPSA) is 73.8 Å². The molecule has 0 amide bonds. The average molecular weight is 537 g/mol. The van der Waals surface area contributed by atoms with Crippen molar-refractivity contribution in [2.45, 2.75) is 62.9 Å². The lowest BCUT2D eigenvalue weighted by atomic mass is 9.94.